The standard InChI is InChI=1S/C15H18N2O3/c1-2-3-4-10-16-15(20)17-11-9-12-5-7-13(8-6-12)14(18)19/h5-8H,4,9-11H2,1H3,(H,18,19)(H2,16,17,20). The van der Waals surface area contributed by atoms with Gasteiger partial charge in [0, 0.05) is 19.5 Å². The van der Waals surface area contributed by atoms with Gasteiger partial charge in [-0.3, -0.25) is 0 Å². The molecule has 0 unspecified atom stereocenters. The summed E-state index contributed by atoms with van der Waals surface area (Å²) in [7, 11) is 0. The van der Waals surface area contributed by atoms with E-state index in [9.17, 15) is 9.59 Å². The summed E-state index contributed by atoms with van der Waals surface area (Å²) in [6.45, 7) is 2.79. The molecule has 0 aromatic heterocycles. The van der Waals surface area contributed by atoms with E-state index in [1.54, 1.807) is 31.2 Å². The van der Waals surface area contributed by atoms with Gasteiger partial charge in [-0.25, -0.2) is 9.59 Å². The van der Waals surface area contributed by atoms with Crippen molar-refractivity contribution < 1.29 is 14.7 Å². The lowest BCUT2D eigenvalue weighted by Crippen LogP contribution is -2.37. The predicted octanol–water partition coefficient (Wildman–Crippen LogP) is 1.64. The number of hydrogen-bond acceptors (Lipinski definition) is 2. The van der Waals surface area contributed by atoms with Crippen LogP contribution in [0.2, 0.25) is 0 Å². The number of hydrogen-bond donors (Lipinski definition) is 3. The van der Waals surface area contributed by atoms with Crippen molar-refractivity contribution >= 4 is 12.0 Å². The molecule has 0 atom stereocenters. The second kappa shape index (κ2) is 8.59. The molecule has 0 aliphatic rings. The molecule has 0 radical (unpaired) electrons. The highest BCUT2D eigenvalue weighted by atomic mass is 16.4. The minimum Gasteiger partial charge on any atom is -0.478 e. The van der Waals surface area contributed by atoms with Gasteiger partial charge in [0.15, 0.2) is 0 Å². The number of carbonyl (C=O) groups excluding carboxylic acids is 1. The highest BCUT2D eigenvalue weighted by molar-refractivity contribution is 5.87. The van der Waals surface area contributed by atoms with Crippen molar-refractivity contribution in [3.8, 4) is 11.8 Å². The minimum absolute atomic E-state index is 0.218. The van der Waals surface area contributed by atoms with Gasteiger partial charge in [0.2, 0.25) is 0 Å². The molecule has 5 heteroatoms. The molecule has 1 rings (SSSR count). The molecule has 3 N–H and O–H groups in total. The van der Waals surface area contributed by atoms with E-state index in [0.29, 0.717) is 25.9 Å². The average molecular weight is 274 g/mol. The monoisotopic (exact) mass is 274 g/mol. The van der Waals surface area contributed by atoms with Crippen LogP contribution < -0.4 is 10.6 Å². The molecule has 0 heterocycles. The fourth-order valence-corrected chi connectivity index (χ4v) is 1.56. The summed E-state index contributed by atoms with van der Waals surface area (Å²) >= 11 is 0. The largest absolute Gasteiger partial charge is 0.478 e. The van der Waals surface area contributed by atoms with Crippen LogP contribution >= 0.6 is 0 Å². The Bertz CT molecular complexity index is 512. The number of urea groups is 1. The first kappa shape index (κ1) is 15.6. The number of nitrogens with one attached hydrogen (secondary N) is 2. The smallest absolute Gasteiger partial charge is 0.335 e. The fourth-order valence-electron chi connectivity index (χ4n) is 1.56. The summed E-state index contributed by atoms with van der Waals surface area (Å²) in [6, 6.07) is 6.40. The second-order valence-electron chi connectivity index (χ2n) is 4.11. The predicted molar refractivity (Wildman–Crippen MR) is 76.6 cm³/mol. The van der Waals surface area contributed by atoms with Crippen molar-refractivity contribution in [2.24, 2.45) is 0 Å². The van der Waals surface area contributed by atoms with Crippen molar-refractivity contribution in [3.05, 3.63) is 35.4 Å². The van der Waals surface area contributed by atoms with Crippen molar-refractivity contribution in [1.82, 2.24) is 10.6 Å². The zero-order valence-electron chi connectivity index (χ0n) is 11.4. The van der Waals surface area contributed by atoms with E-state index in [1.165, 1.54) is 0 Å². The Balaban J connectivity index is 2.24. The normalized spacial score (nSPS) is 9.25. The van der Waals surface area contributed by atoms with Crippen LogP contribution in [0.25, 0.3) is 0 Å². The molecule has 0 saturated heterocycles. The third-order valence-corrected chi connectivity index (χ3v) is 2.61. The first-order valence-electron chi connectivity index (χ1n) is 6.37. The van der Waals surface area contributed by atoms with Gasteiger partial charge in [0.25, 0.3) is 0 Å². The number of rotatable bonds is 6. The molecule has 0 aliphatic carbocycles. The van der Waals surface area contributed by atoms with E-state index in [1.807, 2.05) is 0 Å². The molecule has 1 aromatic carbocycles. The van der Waals surface area contributed by atoms with Crippen LogP contribution in [0.3, 0.4) is 0 Å². The number of benzene rings is 1. The van der Waals surface area contributed by atoms with Crippen molar-refractivity contribution in [2.75, 3.05) is 13.1 Å². The number of amides is 2. The molecule has 2 amide bonds. The molecule has 5 nitrogen and oxygen atoms in total. The Morgan fingerprint density at radius 1 is 1.15 bits per heavy atom. The molecule has 0 aliphatic heterocycles. The van der Waals surface area contributed by atoms with Gasteiger partial charge < -0.3 is 15.7 Å². The molecular weight excluding hydrogens is 256 g/mol. The van der Waals surface area contributed by atoms with E-state index in [2.05, 4.69) is 22.5 Å². The van der Waals surface area contributed by atoms with Gasteiger partial charge in [-0.2, -0.15) is 0 Å². The first-order valence-corrected chi connectivity index (χ1v) is 6.37. The molecule has 0 spiro atoms. The van der Waals surface area contributed by atoms with E-state index < -0.39 is 5.97 Å². The van der Waals surface area contributed by atoms with Gasteiger partial charge in [-0.15, -0.1) is 11.8 Å². The Morgan fingerprint density at radius 2 is 1.80 bits per heavy atom. The van der Waals surface area contributed by atoms with E-state index in [-0.39, 0.29) is 11.6 Å². The van der Waals surface area contributed by atoms with Gasteiger partial charge in [-0.05, 0) is 31.0 Å². The highest BCUT2D eigenvalue weighted by Gasteiger charge is 2.02. The summed E-state index contributed by atoms with van der Waals surface area (Å²) in [4.78, 5) is 22.1. The maximum absolute atomic E-state index is 11.4. The Morgan fingerprint density at radius 3 is 2.40 bits per heavy atom. The van der Waals surface area contributed by atoms with E-state index >= 15 is 0 Å². The summed E-state index contributed by atoms with van der Waals surface area (Å²) in [6.07, 6.45) is 1.29. The van der Waals surface area contributed by atoms with Crippen molar-refractivity contribution in [2.45, 2.75) is 19.8 Å². The maximum atomic E-state index is 11.4. The van der Waals surface area contributed by atoms with Gasteiger partial charge in [0.1, 0.15) is 0 Å². The van der Waals surface area contributed by atoms with E-state index in [0.717, 1.165) is 5.56 Å². The summed E-state index contributed by atoms with van der Waals surface area (Å²) < 4.78 is 0. The number of carboxylic acids is 1. The summed E-state index contributed by atoms with van der Waals surface area (Å²) in [5.41, 5.74) is 1.24. The SMILES string of the molecule is CC#CCCNC(=O)NCCc1ccc(C(=O)O)cc1. The first-order chi connectivity index (χ1) is 9.63. The molecule has 0 bridgehead atoms. The molecular formula is C15H18N2O3. The van der Waals surface area contributed by atoms with Crippen molar-refractivity contribution in [1.29, 1.82) is 0 Å². The average Bonchev–Trinajstić information content (AvgIpc) is 2.44. The van der Waals surface area contributed by atoms with Crippen molar-refractivity contribution in [3.63, 3.8) is 0 Å². The molecule has 1 aromatic rings. The topological polar surface area (TPSA) is 78.4 Å². The lowest BCUT2D eigenvalue weighted by Gasteiger charge is -2.06. The van der Waals surface area contributed by atoms with Gasteiger partial charge >= 0.3 is 12.0 Å². The lowest BCUT2D eigenvalue weighted by molar-refractivity contribution is 0.0697. The molecule has 20 heavy (non-hydrogen) atoms. The van der Waals surface area contributed by atoms with Gasteiger partial charge in [-0.1, -0.05) is 12.1 Å². The van der Waals surface area contributed by atoms with Crippen LogP contribution in [-0.4, -0.2) is 30.2 Å². The number of carbonyl (C=O) groups is 2. The molecule has 0 saturated carbocycles. The van der Waals surface area contributed by atoms with Crippen LogP contribution in [0.4, 0.5) is 4.79 Å². The highest BCUT2D eigenvalue weighted by Crippen LogP contribution is 2.04. The summed E-state index contributed by atoms with van der Waals surface area (Å²) in [5.74, 6) is 4.67. The minimum atomic E-state index is -0.941. The van der Waals surface area contributed by atoms with Crippen LogP contribution in [-0.2, 0) is 6.42 Å². The third-order valence-electron chi connectivity index (χ3n) is 2.61. The molecule has 0 fully saturated rings. The van der Waals surface area contributed by atoms with Crippen LogP contribution in [0, 0.1) is 11.8 Å². The zero-order valence-corrected chi connectivity index (χ0v) is 11.4. The van der Waals surface area contributed by atoms with E-state index in [4.69, 9.17) is 5.11 Å². The summed E-state index contributed by atoms with van der Waals surface area (Å²) in [5, 5.41) is 14.2. The van der Waals surface area contributed by atoms with Crippen LogP contribution in [0.5, 0.6) is 0 Å². The Kier molecular flexibility index (Phi) is 6.69. The zero-order chi connectivity index (χ0) is 14.8. The van der Waals surface area contributed by atoms with Gasteiger partial charge in [0.05, 0.1) is 5.56 Å². The molecule has 106 valence electrons. The quantitative estimate of drug-likeness (QED) is 0.545. The number of carboxylic acid groups (broad SMARTS) is 1. The second-order valence-corrected chi connectivity index (χ2v) is 4.11. The lowest BCUT2D eigenvalue weighted by atomic mass is 10.1. The number of aromatic carboxylic acids is 1. The fraction of sp³-hybridized carbons (Fsp3) is 0.333. The van der Waals surface area contributed by atoms with Crippen LogP contribution in [0.1, 0.15) is 29.3 Å². The third kappa shape index (κ3) is 5.91. The Labute approximate surface area is 118 Å². The van der Waals surface area contributed by atoms with Crippen LogP contribution in [0.15, 0.2) is 24.3 Å². The maximum Gasteiger partial charge on any atom is 0.335 e. The Hall–Kier alpha value is -2.48.